The van der Waals surface area contributed by atoms with Gasteiger partial charge in [0.25, 0.3) is 0 Å². The van der Waals surface area contributed by atoms with E-state index in [-0.39, 0.29) is 0 Å². The van der Waals surface area contributed by atoms with Crippen LogP contribution in [0.2, 0.25) is 0 Å². The van der Waals surface area contributed by atoms with Crippen LogP contribution in [0.15, 0.2) is 59.2 Å². The van der Waals surface area contributed by atoms with Crippen molar-refractivity contribution < 1.29 is 9.53 Å². The monoisotopic (exact) mass is 277 g/mol. The molecule has 3 heteroatoms. The van der Waals surface area contributed by atoms with Gasteiger partial charge in [-0.2, -0.15) is 0 Å². The third-order valence-corrected chi connectivity index (χ3v) is 3.40. The molecule has 0 amide bonds. The van der Waals surface area contributed by atoms with Gasteiger partial charge in [0.15, 0.2) is 5.70 Å². The number of hydrogen-bond acceptors (Lipinski definition) is 3. The van der Waals surface area contributed by atoms with Crippen LogP contribution in [0.3, 0.4) is 0 Å². The third kappa shape index (κ3) is 2.77. The van der Waals surface area contributed by atoms with Crippen LogP contribution in [-0.4, -0.2) is 11.9 Å². The van der Waals surface area contributed by atoms with E-state index in [9.17, 15) is 4.79 Å². The predicted octanol–water partition coefficient (Wildman–Crippen LogP) is 3.65. The Bertz CT molecular complexity index is 755. The average Bonchev–Trinajstić information content (AvgIpc) is 2.83. The van der Waals surface area contributed by atoms with E-state index in [1.165, 1.54) is 0 Å². The fourth-order valence-corrected chi connectivity index (χ4v) is 2.12. The van der Waals surface area contributed by atoms with Gasteiger partial charge in [-0.3, -0.25) is 0 Å². The molecule has 3 rings (SSSR count). The van der Waals surface area contributed by atoms with E-state index < -0.39 is 5.97 Å². The van der Waals surface area contributed by atoms with E-state index in [0.717, 1.165) is 22.3 Å². The van der Waals surface area contributed by atoms with E-state index in [2.05, 4.69) is 4.99 Å². The molecule has 0 atom stereocenters. The minimum atomic E-state index is -0.408. The SMILES string of the molecule is Cc1ccc(C2=N/C(=C\c3ccccc3C)C(=O)O2)cc1. The maximum absolute atomic E-state index is 11.9. The normalized spacial score (nSPS) is 16.0. The lowest BCUT2D eigenvalue weighted by Gasteiger charge is -1.99. The standard InChI is InChI=1S/C18H15NO2/c1-12-7-9-14(10-8-12)17-19-16(18(20)21-17)11-15-6-4-3-5-13(15)2/h3-11H,1-2H3/b16-11-. The van der Waals surface area contributed by atoms with Gasteiger partial charge in [-0.1, -0.05) is 42.0 Å². The number of aliphatic imine (C=N–C) groups is 1. The number of carbonyl (C=O) groups excluding carboxylic acids is 1. The lowest BCUT2D eigenvalue weighted by molar-refractivity contribution is -0.129. The molecule has 0 saturated heterocycles. The number of benzene rings is 2. The summed E-state index contributed by atoms with van der Waals surface area (Å²) in [5.74, 6) is -0.0475. The number of carbonyl (C=O) groups is 1. The third-order valence-electron chi connectivity index (χ3n) is 3.40. The van der Waals surface area contributed by atoms with Crippen LogP contribution in [0, 0.1) is 13.8 Å². The van der Waals surface area contributed by atoms with Gasteiger partial charge in [0.05, 0.1) is 0 Å². The van der Waals surface area contributed by atoms with Crippen LogP contribution in [0.5, 0.6) is 0 Å². The Morgan fingerprint density at radius 2 is 1.71 bits per heavy atom. The smallest absolute Gasteiger partial charge is 0.363 e. The van der Waals surface area contributed by atoms with Crippen molar-refractivity contribution in [3.63, 3.8) is 0 Å². The van der Waals surface area contributed by atoms with Gasteiger partial charge in [0.1, 0.15) is 0 Å². The second-order valence-electron chi connectivity index (χ2n) is 5.06. The molecule has 21 heavy (non-hydrogen) atoms. The quantitative estimate of drug-likeness (QED) is 0.621. The molecular weight excluding hydrogens is 262 g/mol. The van der Waals surface area contributed by atoms with Crippen molar-refractivity contribution in [3.05, 3.63) is 76.5 Å². The van der Waals surface area contributed by atoms with Gasteiger partial charge in [-0.05, 0) is 43.2 Å². The van der Waals surface area contributed by atoms with E-state index in [4.69, 9.17) is 4.74 Å². The maximum Gasteiger partial charge on any atom is 0.363 e. The van der Waals surface area contributed by atoms with Gasteiger partial charge in [-0.25, -0.2) is 9.79 Å². The Kier molecular flexibility index (Phi) is 3.40. The summed E-state index contributed by atoms with van der Waals surface area (Å²) in [5, 5.41) is 0. The molecule has 2 aromatic rings. The topological polar surface area (TPSA) is 38.7 Å². The highest BCUT2D eigenvalue weighted by molar-refractivity contribution is 6.12. The van der Waals surface area contributed by atoms with Crippen LogP contribution >= 0.6 is 0 Å². The van der Waals surface area contributed by atoms with Crippen molar-refractivity contribution in [2.24, 2.45) is 4.99 Å². The minimum absolute atomic E-state index is 0.333. The van der Waals surface area contributed by atoms with Crippen molar-refractivity contribution in [1.82, 2.24) is 0 Å². The fraction of sp³-hybridized carbons (Fsp3) is 0.111. The Morgan fingerprint density at radius 1 is 1.00 bits per heavy atom. The molecule has 0 N–H and O–H groups in total. The maximum atomic E-state index is 11.9. The first-order valence-corrected chi connectivity index (χ1v) is 6.79. The molecule has 0 radical (unpaired) electrons. The van der Waals surface area contributed by atoms with Crippen molar-refractivity contribution in [3.8, 4) is 0 Å². The first-order valence-electron chi connectivity index (χ1n) is 6.79. The molecule has 3 nitrogen and oxygen atoms in total. The van der Waals surface area contributed by atoms with Crippen LogP contribution < -0.4 is 0 Å². The molecule has 0 unspecified atom stereocenters. The molecule has 0 bridgehead atoms. The summed E-state index contributed by atoms with van der Waals surface area (Å²) in [5.41, 5.74) is 4.36. The fourth-order valence-electron chi connectivity index (χ4n) is 2.12. The van der Waals surface area contributed by atoms with Gasteiger partial charge in [0, 0.05) is 5.56 Å². The summed E-state index contributed by atoms with van der Waals surface area (Å²) in [7, 11) is 0. The summed E-state index contributed by atoms with van der Waals surface area (Å²) in [6, 6.07) is 15.6. The molecule has 0 aromatic heterocycles. The zero-order valence-corrected chi connectivity index (χ0v) is 12.0. The molecule has 1 aliphatic rings. The van der Waals surface area contributed by atoms with Gasteiger partial charge >= 0.3 is 5.97 Å². The Balaban J connectivity index is 1.96. The molecule has 104 valence electrons. The summed E-state index contributed by atoms with van der Waals surface area (Å²) in [6.45, 7) is 4.01. The second kappa shape index (κ2) is 5.37. The Morgan fingerprint density at radius 3 is 2.43 bits per heavy atom. The summed E-state index contributed by atoms with van der Waals surface area (Å²) in [6.07, 6.45) is 1.76. The number of rotatable bonds is 2. The van der Waals surface area contributed by atoms with Crippen LogP contribution in [0.25, 0.3) is 6.08 Å². The summed E-state index contributed by atoms with van der Waals surface area (Å²) < 4.78 is 5.25. The zero-order chi connectivity index (χ0) is 14.8. The van der Waals surface area contributed by atoms with Gasteiger partial charge < -0.3 is 4.74 Å². The van der Waals surface area contributed by atoms with Gasteiger partial charge in [-0.15, -0.1) is 0 Å². The van der Waals surface area contributed by atoms with Crippen LogP contribution in [-0.2, 0) is 9.53 Å². The number of hydrogen-bond donors (Lipinski definition) is 0. The predicted molar refractivity (Wildman–Crippen MR) is 83.0 cm³/mol. The summed E-state index contributed by atoms with van der Waals surface area (Å²) >= 11 is 0. The van der Waals surface area contributed by atoms with E-state index in [0.29, 0.717) is 11.6 Å². The van der Waals surface area contributed by atoms with Crippen molar-refractivity contribution in [1.29, 1.82) is 0 Å². The average molecular weight is 277 g/mol. The number of aryl methyl sites for hydroxylation is 2. The second-order valence-corrected chi connectivity index (χ2v) is 5.06. The molecule has 1 aliphatic heterocycles. The molecule has 2 aromatic carbocycles. The highest BCUT2D eigenvalue weighted by Crippen LogP contribution is 2.20. The molecule has 0 fully saturated rings. The largest absolute Gasteiger partial charge is 0.402 e. The van der Waals surface area contributed by atoms with Crippen LogP contribution in [0.4, 0.5) is 0 Å². The van der Waals surface area contributed by atoms with E-state index in [1.54, 1.807) is 6.08 Å². The number of esters is 1. The molecule has 0 saturated carbocycles. The lowest BCUT2D eigenvalue weighted by atomic mass is 10.1. The van der Waals surface area contributed by atoms with Crippen molar-refractivity contribution >= 4 is 17.9 Å². The first-order chi connectivity index (χ1) is 10.1. The first kappa shape index (κ1) is 13.3. The van der Waals surface area contributed by atoms with E-state index in [1.807, 2.05) is 62.4 Å². The van der Waals surface area contributed by atoms with Crippen LogP contribution in [0.1, 0.15) is 22.3 Å². The lowest BCUT2D eigenvalue weighted by Crippen LogP contribution is -2.05. The highest BCUT2D eigenvalue weighted by atomic mass is 16.6. The summed E-state index contributed by atoms with van der Waals surface area (Å²) in [4.78, 5) is 16.2. The highest BCUT2D eigenvalue weighted by Gasteiger charge is 2.24. The van der Waals surface area contributed by atoms with Crippen molar-refractivity contribution in [2.75, 3.05) is 0 Å². The van der Waals surface area contributed by atoms with Crippen molar-refractivity contribution in [2.45, 2.75) is 13.8 Å². The van der Waals surface area contributed by atoms with Gasteiger partial charge in [0.2, 0.25) is 5.90 Å². The molecule has 1 heterocycles. The molecule has 0 spiro atoms. The zero-order valence-electron chi connectivity index (χ0n) is 12.0. The number of nitrogens with zero attached hydrogens (tertiary/aromatic N) is 1. The molecular formula is C18H15NO2. The van der Waals surface area contributed by atoms with E-state index >= 15 is 0 Å². The molecule has 0 aliphatic carbocycles. The minimum Gasteiger partial charge on any atom is -0.402 e. The number of cyclic esters (lactones) is 1. The Hall–Kier alpha value is -2.68. The Labute approximate surface area is 123 Å². The number of ether oxygens (including phenoxy) is 1.